The number of likely N-dealkylation sites (N-methyl/N-ethyl adjacent to an activating group) is 1. The van der Waals surface area contributed by atoms with Gasteiger partial charge in [0.1, 0.15) is 0 Å². The van der Waals surface area contributed by atoms with E-state index >= 15 is 0 Å². The van der Waals surface area contributed by atoms with E-state index < -0.39 is 6.10 Å². The molecule has 0 amide bonds. The molecule has 2 atom stereocenters. The van der Waals surface area contributed by atoms with Gasteiger partial charge in [0.05, 0.1) is 6.10 Å². The lowest BCUT2D eigenvalue weighted by Gasteiger charge is -2.32. The highest BCUT2D eigenvalue weighted by Gasteiger charge is 2.21. The minimum Gasteiger partial charge on any atom is -0.387 e. The second kappa shape index (κ2) is 5.29. The first-order valence-corrected chi connectivity index (χ1v) is 5.49. The molecule has 15 heavy (non-hydrogen) atoms. The SMILES string of the molecule is CC(C)N(C)[C@H](C)C(O)c1ccccc1. The lowest BCUT2D eigenvalue weighted by atomic mass is 10.0. The molecule has 0 fully saturated rings. The molecule has 84 valence electrons. The Morgan fingerprint density at radius 3 is 2.07 bits per heavy atom. The molecular formula is C13H21NO. The van der Waals surface area contributed by atoms with Crippen molar-refractivity contribution in [1.29, 1.82) is 0 Å². The van der Waals surface area contributed by atoms with Crippen LogP contribution >= 0.6 is 0 Å². The van der Waals surface area contributed by atoms with Crippen LogP contribution < -0.4 is 0 Å². The molecule has 0 heterocycles. The summed E-state index contributed by atoms with van der Waals surface area (Å²) in [5.41, 5.74) is 0.984. The second-order valence-electron chi connectivity index (χ2n) is 4.36. The van der Waals surface area contributed by atoms with Gasteiger partial charge in [-0.15, -0.1) is 0 Å². The van der Waals surface area contributed by atoms with Crippen molar-refractivity contribution in [3.63, 3.8) is 0 Å². The first kappa shape index (κ1) is 12.2. The van der Waals surface area contributed by atoms with Crippen molar-refractivity contribution in [3.8, 4) is 0 Å². The zero-order valence-electron chi connectivity index (χ0n) is 10.0. The smallest absolute Gasteiger partial charge is 0.0942 e. The minimum absolute atomic E-state index is 0.132. The standard InChI is InChI=1S/C13H21NO/c1-10(2)14(4)11(3)13(15)12-8-6-5-7-9-12/h5-11,13,15H,1-4H3/t11-,13?/m1/s1. The van der Waals surface area contributed by atoms with E-state index in [-0.39, 0.29) is 6.04 Å². The van der Waals surface area contributed by atoms with E-state index in [0.717, 1.165) is 5.56 Å². The van der Waals surface area contributed by atoms with Gasteiger partial charge in [0, 0.05) is 12.1 Å². The van der Waals surface area contributed by atoms with Gasteiger partial charge in [0.15, 0.2) is 0 Å². The largest absolute Gasteiger partial charge is 0.387 e. The molecule has 0 bridgehead atoms. The van der Waals surface area contributed by atoms with Crippen LogP contribution in [-0.2, 0) is 0 Å². The van der Waals surface area contributed by atoms with Crippen molar-refractivity contribution in [3.05, 3.63) is 35.9 Å². The van der Waals surface area contributed by atoms with Crippen LogP contribution in [-0.4, -0.2) is 29.1 Å². The lowest BCUT2D eigenvalue weighted by molar-refractivity contribution is 0.0571. The topological polar surface area (TPSA) is 23.5 Å². The number of hydrogen-bond donors (Lipinski definition) is 1. The zero-order chi connectivity index (χ0) is 11.4. The molecule has 1 rings (SSSR count). The third-order valence-corrected chi connectivity index (χ3v) is 3.05. The van der Waals surface area contributed by atoms with Crippen LogP contribution in [0.15, 0.2) is 30.3 Å². The summed E-state index contributed by atoms with van der Waals surface area (Å²) < 4.78 is 0. The Morgan fingerprint density at radius 1 is 1.07 bits per heavy atom. The Labute approximate surface area is 92.5 Å². The maximum atomic E-state index is 10.2. The molecule has 0 radical (unpaired) electrons. The molecule has 0 aliphatic carbocycles. The summed E-state index contributed by atoms with van der Waals surface area (Å²) >= 11 is 0. The maximum Gasteiger partial charge on any atom is 0.0942 e. The summed E-state index contributed by atoms with van der Waals surface area (Å²) in [6.45, 7) is 6.32. The summed E-state index contributed by atoms with van der Waals surface area (Å²) in [5, 5.41) is 10.2. The Balaban J connectivity index is 2.73. The van der Waals surface area contributed by atoms with E-state index in [9.17, 15) is 5.11 Å². The van der Waals surface area contributed by atoms with Crippen LogP contribution in [0.4, 0.5) is 0 Å². The third kappa shape index (κ3) is 3.05. The van der Waals surface area contributed by atoms with Crippen LogP contribution in [0.25, 0.3) is 0 Å². The first-order chi connectivity index (χ1) is 7.04. The van der Waals surface area contributed by atoms with Crippen molar-refractivity contribution < 1.29 is 5.11 Å². The van der Waals surface area contributed by atoms with Crippen LogP contribution in [0.3, 0.4) is 0 Å². The molecule has 0 saturated heterocycles. The van der Waals surface area contributed by atoms with E-state index in [1.54, 1.807) is 0 Å². The van der Waals surface area contributed by atoms with Gasteiger partial charge >= 0.3 is 0 Å². The number of aliphatic hydroxyl groups excluding tert-OH is 1. The van der Waals surface area contributed by atoms with Crippen molar-refractivity contribution in [2.24, 2.45) is 0 Å². The van der Waals surface area contributed by atoms with E-state index in [4.69, 9.17) is 0 Å². The molecule has 0 saturated carbocycles. The number of benzene rings is 1. The monoisotopic (exact) mass is 207 g/mol. The summed E-state index contributed by atoms with van der Waals surface area (Å²) in [7, 11) is 2.04. The number of rotatable bonds is 4. The summed E-state index contributed by atoms with van der Waals surface area (Å²) in [4.78, 5) is 2.18. The summed E-state index contributed by atoms with van der Waals surface area (Å²) in [6, 6.07) is 10.4. The molecule has 1 aromatic carbocycles. The summed E-state index contributed by atoms with van der Waals surface area (Å²) in [5.74, 6) is 0. The van der Waals surface area contributed by atoms with Crippen molar-refractivity contribution in [1.82, 2.24) is 4.90 Å². The predicted octanol–water partition coefficient (Wildman–Crippen LogP) is 2.45. The second-order valence-corrected chi connectivity index (χ2v) is 4.36. The number of nitrogens with zero attached hydrogens (tertiary/aromatic N) is 1. The van der Waals surface area contributed by atoms with Gasteiger partial charge in [0.2, 0.25) is 0 Å². The van der Waals surface area contributed by atoms with Gasteiger partial charge in [-0.3, -0.25) is 4.90 Å². The van der Waals surface area contributed by atoms with E-state index in [2.05, 4.69) is 25.7 Å². The van der Waals surface area contributed by atoms with Crippen LogP contribution in [0.1, 0.15) is 32.4 Å². The zero-order valence-corrected chi connectivity index (χ0v) is 10.0. The first-order valence-electron chi connectivity index (χ1n) is 5.49. The van der Waals surface area contributed by atoms with Crippen LogP contribution in [0, 0.1) is 0 Å². The minimum atomic E-state index is -0.418. The number of aliphatic hydroxyl groups is 1. The van der Waals surface area contributed by atoms with Gasteiger partial charge in [-0.05, 0) is 33.4 Å². The van der Waals surface area contributed by atoms with Gasteiger partial charge in [0.25, 0.3) is 0 Å². The van der Waals surface area contributed by atoms with Gasteiger partial charge in [-0.1, -0.05) is 30.3 Å². The lowest BCUT2D eigenvalue weighted by Crippen LogP contribution is -2.39. The van der Waals surface area contributed by atoms with E-state index in [0.29, 0.717) is 6.04 Å². The highest BCUT2D eigenvalue weighted by atomic mass is 16.3. The maximum absolute atomic E-state index is 10.2. The van der Waals surface area contributed by atoms with Crippen molar-refractivity contribution >= 4 is 0 Å². The van der Waals surface area contributed by atoms with Crippen molar-refractivity contribution in [2.75, 3.05) is 7.05 Å². The average Bonchev–Trinajstić information content (AvgIpc) is 2.27. The van der Waals surface area contributed by atoms with E-state index in [1.807, 2.05) is 37.4 Å². The van der Waals surface area contributed by atoms with Gasteiger partial charge in [-0.2, -0.15) is 0 Å². The third-order valence-electron chi connectivity index (χ3n) is 3.05. The van der Waals surface area contributed by atoms with Gasteiger partial charge < -0.3 is 5.11 Å². The van der Waals surface area contributed by atoms with Gasteiger partial charge in [-0.25, -0.2) is 0 Å². The Morgan fingerprint density at radius 2 is 1.60 bits per heavy atom. The summed E-state index contributed by atoms with van der Waals surface area (Å²) in [6.07, 6.45) is -0.418. The van der Waals surface area contributed by atoms with Crippen LogP contribution in [0.2, 0.25) is 0 Å². The molecule has 0 aromatic heterocycles. The molecular weight excluding hydrogens is 186 g/mol. The highest BCUT2D eigenvalue weighted by molar-refractivity contribution is 5.18. The normalized spacial score (nSPS) is 15.7. The fourth-order valence-corrected chi connectivity index (χ4v) is 1.62. The predicted molar refractivity (Wildman–Crippen MR) is 63.8 cm³/mol. The quantitative estimate of drug-likeness (QED) is 0.819. The molecule has 0 aliphatic rings. The molecule has 2 nitrogen and oxygen atoms in total. The highest BCUT2D eigenvalue weighted by Crippen LogP contribution is 2.20. The molecule has 2 heteroatoms. The van der Waals surface area contributed by atoms with E-state index in [1.165, 1.54) is 0 Å². The Hall–Kier alpha value is -0.860. The molecule has 0 spiro atoms. The Kier molecular flexibility index (Phi) is 4.30. The molecule has 1 aromatic rings. The molecule has 1 unspecified atom stereocenters. The molecule has 1 N–H and O–H groups in total. The van der Waals surface area contributed by atoms with Crippen molar-refractivity contribution in [2.45, 2.75) is 39.0 Å². The number of hydrogen-bond acceptors (Lipinski definition) is 2. The van der Waals surface area contributed by atoms with Crippen LogP contribution in [0.5, 0.6) is 0 Å². The average molecular weight is 207 g/mol. The fourth-order valence-electron chi connectivity index (χ4n) is 1.62. The molecule has 0 aliphatic heterocycles. The fraction of sp³-hybridized carbons (Fsp3) is 0.538. The Bertz CT molecular complexity index is 284.